The zero-order valence-corrected chi connectivity index (χ0v) is 14.5. The Morgan fingerprint density at radius 2 is 2.05 bits per heavy atom. The van der Waals surface area contributed by atoms with Crippen LogP contribution in [-0.4, -0.2) is 15.4 Å². The lowest BCUT2D eigenvalue weighted by Gasteiger charge is -2.09. The average molecular weight is 435 g/mol. The van der Waals surface area contributed by atoms with Crippen molar-refractivity contribution in [2.24, 2.45) is 0 Å². The highest BCUT2D eigenvalue weighted by atomic mass is 127. The molecule has 6 heteroatoms. The van der Waals surface area contributed by atoms with Gasteiger partial charge >= 0.3 is 0 Å². The minimum atomic E-state index is -0.260. The van der Waals surface area contributed by atoms with E-state index in [4.69, 9.17) is 23.2 Å². The van der Waals surface area contributed by atoms with E-state index in [0.29, 0.717) is 20.9 Å². The Morgan fingerprint density at radius 3 is 2.76 bits per heavy atom. The van der Waals surface area contributed by atoms with Crippen LogP contribution in [-0.2, 0) is 6.42 Å². The van der Waals surface area contributed by atoms with Crippen LogP contribution in [0, 0.1) is 9.39 Å². The fourth-order valence-electron chi connectivity index (χ4n) is 2.28. The molecule has 1 heterocycles. The SMILES string of the molecule is Fc1cc2c(cc1I)nc(CCCl)n2-c1cccc(Cl)c1. The van der Waals surface area contributed by atoms with Crippen molar-refractivity contribution in [2.45, 2.75) is 6.42 Å². The molecule has 21 heavy (non-hydrogen) atoms. The van der Waals surface area contributed by atoms with E-state index in [0.717, 1.165) is 22.5 Å². The first-order valence-corrected chi connectivity index (χ1v) is 8.27. The number of rotatable bonds is 3. The lowest BCUT2D eigenvalue weighted by molar-refractivity contribution is 0.621. The zero-order valence-electron chi connectivity index (χ0n) is 10.8. The van der Waals surface area contributed by atoms with Gasteiger partial charge < -0.3 is 0 Å². The second kappa shape index (κ2) is 6.10. The summed E-state index contributed by atoms with van der Waals surface area (Å²) in [6, 6.07) is 10.6. The molecular formula is C15H10Cl2FIN2. The molecular weight excluding hydrogens is 425 g/mol. The van der Waals surface area contributed by atoms with E-state index in [1.807, 2.05) is 45.4 Å². The fourth-order valence-corrected chi connectivity index (χ4v) is 3.08. The van der Waals surface area contributed by atoms with E-state index in [1.165, 1.54) is 6.07 Å². The van der Waals surface area contributed by atoms with Gasteiger partial charge in [0, 0.05) is 29.1 Å². The van der Waals surface area contributed by atoms with Gasteiger partial charge in [-0.3, -0.25) is 4.57 Å². The Bertz CT molecular complexity index is 817. The third-order valence-electron chi connectivity index (χ3n) is 3.15. The predicted molar refractivity (Wildman–Crippen MR) is 93.2 cm³/mol. The molecule has 0 aliphatic carbocycles. The number of benzene rings is 2. The van der Waals surface area contributed by atoms with E-state index < -0.39 is 0 Å². The number of fused-ring (bicyclic) bond motifs is 1. The lowest BCUT2D eigenvalue weighted by Crippen LogP contribution is -2.02. The van der Waals surface area contributed by atoms with Crippen molar-refractivity contribution in [3.05, 3.63) is 56.6 Å². The molecule has 108 valence electrons. The second-order valence-corrected chi connectivity index (χ2v) is 6.51. The number of hydrogen-bond acceptors (Lipinski definition) is 1. The normalized spacial score (nSPS) is 11.2. The van der Waals surface area contributed by atoms with E-state index in [9.17, 15) is 4.39 Å². The van der Waals surface area contributed by atoms with Crippen LogP contribution in [0.25, 0.3) is 16.7 Å². The van der Waals surface area contributed by atoms with Gasteiger partial charge in [0.15, 0.2) is 0 Å². The molecule has 0 bridgehead atoms. The number of hydrogen-bond donors (Lipinski definition) is 0. The summed E-state index contributed by atoms with van der Waals surface area (Å²) in [5, 5.41) is 0.622. The summed E-state index contributed by atoms with van der Waals surface area (Å²) >= 11 is 13.9. The van der Waals surface area contributed by atoms with Gasteiger partial charge in [0.25, 0.3) is 0 Å². The van der Waals surface area contributed by atoms with Gasteiger partial charge in [-0.05, 0) is 46.9 Å². The molecule has 3 aromatic rings. The molecule has 2 aromatic carbocycles. The average Bonchev–Trinajstić information content (AvgIpc) is 2.77. The number of aryl methyl sites for hydroxylation is 1. The van der Waals surface area contributed by atoms with Crippen LogP contribution >= 0.6 is 45.8 Å². The maximum atomic E-state index is 13.9. The molecule has 0 saturated carbocycles. The monoisotopic (exact) mass is 434 g/mol. The summed E-state index contributed by atoms with van der Waals surface area (Å²) in [6.45, 7) is 0. The molecule has 0 spiro atoms. The maximum Gasteiger partial charge on any atom is 0.138 e. The summed E-state index contributed by atoms with van der Waals surface area (Å²) in [5.74, 6) is 0.982. The predicted octanol–water partition coefficient (Wildman–Crippen LogP) is 5.20. The summed E-state index contributed by atoms with van der Waals surface area (Å²) in [7, 11) is 0. The van der Waals surface area contributed by atoms with Gasteiger partial charge in [-0.15, -0.1) is 11.6 Å². The molecule has 0 N–H and O–H groups in total. The van der Waals surface area contributed by atoms with Crippen LogP contribution in [0.3, 0.4) is 0 Å². The number of aromatic nitrogens is 2. The molecule has 0 unspecified atom stereocenters. The number of alkyl halides is 1. The maximum absolute atomic E-state index is 13.9. The lowest BCUT2D eigenvalue weighted by atomic mass is 10.2. The van der Waals surface area contributed by atoms with Crippen molar-refractivity contribution < 1.29 is 4.39 Å². The Balaban J connectivity index is 2.32. The van der Waals surface area contributed by atoms with Gasteiger partial charge in [0.05, 0.1) is 14.6 Å². The highest BCUT2D eigenvalue weighted by Gasteiger charge is 2.14. The minimum absolute atomic E-state index is 0.260. The van der Waals surface area contributed by atoms with Crippen molar-refractivity contribution in [2.75, 3.05) is 5.88 Å². The first-order valence-electron chi connectivity index (χ1n) is 6.28. The van der Waals surface area contributed by atoms with Crippen molar-refractivity contribution in [3.8, 4) is 5.69 Å². The van der Waals surface area contributed by atoms with Crippen LogP contribution in [0.15, 0.2) is 36.4 Å². The highest BCUT2D eigenvalue weighted by molar-refractivity contribution is 14.1. The van der Waals surface area contributed by atoms with Crippen molar-refractivity contribution in [3.63, 3.8) is 0 Å². The Kier molecular flexibility index (Phi) is 4.38. The van der Waals surface area contributed by atoms with Gasteiger partial charge in [-0.2, -0.15) is 0 Å². The van der Waals surface area contributed by atoms with E-state index in [2.05, 4.69) is 4.98 Å². The largest absolute Gasteiger partial charge is 0.296 e. The quantitative estimate of drug-likeness (QED) is 0.409. The molecule has 3 rings (SSSR count). The van der Waals surface area contributed by atoms with E-state index >= 15 is 0 Å². The summed E-state index contributed by atoms with van der Waals surface area (Å²) in [4.78, 5) is 4.57. The summed E-state index contributed by atoms with van der Waals surface area (Å²) in [5.41, 5.74) is 2.32. The molecule has 0 saturated heterocycles. The Hall–Kier alpha value is -0.850. The van der Waals surface area contributed by atoms with Crippen LogP contribution in [0.5, 0.6) is 0 Å². The van der Waals surface area contributed by atoms with Gasteiger partial charge in [0.1, 0.15) is 11.6 Å². The highest BCUT2D eigenvalue weighted by Crippen LogP contribution is 2.26. The molecule has 0 atom stereocenters. The van der Waals surface area contributed by atoms with E-state index in [1.54, 1.807) is 12.1 Å². The first kappa shape index (κ1) is 15.1. The number of halogens is 4. The number of imidazole rings is 1. The smallest absolute Gasteiger partial charge is 0.138 e. The van der Waals surface area contributed by atoms with Crippen LogP contribution in [0.2, 0.25) is 5.02 Å². The van der Waals surface area contributed by atoms with Crippen LogP contribution in [0.4, 0.5) is 4.39 Å². The number of nitrogens with zero attached hydrogens (tertiary/aromatic N) is 2. The van der Waals surface area contributed by atoms with E-state index in [-0.39, 0.29) is 5.82 Å². The summed E-state index contributed by atoms with van der Waals surface area (Å²) in [6.07, 6.45) is 0.598. The van der Waals surface area contributed by atoms with Gasteiger partial charge in [-0.25, -0.2) is 9.37 Å². The molecule has 1 aromatic heterocycles. The Labute approximate surface area is 145 Å². The van der Waals surface area contributed by atoms with Crippen molar-refractivity contribution in [1.29, 1.82) is 0 Å². The zero-order chi connectivity index (χ0) is 15.0. The molecule has 0 aliphatic heterocycles. The first-order chi connectivity index (χ1) is 10.1. The summed E-state index contributed by atoms with van der Waals surface area (Å²) < 4.78 is 16.4. The molecule has 0 radical (unpaired) electrons. The van der Waals surface area contributed by atoms with Crippen molar-refractivity contribution in [1.82, 2.24) is 9.55 Å². The topological polar surface area (TPSA) is 17.8 Å². The van der Waals surface area contributed by atoms with Crippen LogP contribution < -0.4 is 0 Å². The standard InChI is InChI=1S/C15H10Cl2FIN2/c16-5-4-15-20-13-8-12(19)11(18)7-14(13)21(15)10-3-1-2-9(17)6-10/h1-3,6-8H,4-5H2. The third kappa shape index (κ3) is 2.89. The fraction of sp³-hybridized carbons (Fsp3) is 0.133. The van der Waals surface area contributed by atoms with Crippen LogP contribution in [0.1, 0.15) is 5.82 Å². The van der Waals surface area contributed by atoms with Gasteiger partial charge in [-0.1, -0.05) is 17.7 Å². The third-order valence-corrected chi connectivity index (χ3v) is 4.40. The minimum Gasteiger partial charge on any atom is -0.296 e. The van der Waals surface area contributed by atoms with Gasteiger partial charge in [0.2, 0.25) is 0 Å². The van der Waals surface area contributed by atoms with Crippen molar-refractivity contribution >= 4 is 56.8 Å². The molecule has 0 aliphatic rings. The molecule has 0 fully saturated rings. The molecule has 2 nitrogen and oxygen atoms in total. The Morgan fingerprint density at radius 1 is 1.24 bits per heavy atom. The molecule has 0 amide bonds. The second-order valence-electron chi connectivity index (χ2n) is 4.54.